The van der Waals surface area contributed by atoms with Crippen LogP contribution in [0.2, 0.25) is 0 Å². The standard InChI is InChI=1S/C13H26N2O3/c1-10(5-6-14)3-4-13(17)15-7-11(2)18-12(8-15)9-16/h10-12,16H,3-9,14H2,1-2H3. The number of carbonyl (C=O) groups is 1. The van der Waals surface area contributed by atoms with Gasteiger partial charge in [0.2, 0.25) is 5.91 Å². The maximum Gasteiger partial charge on any atom is 0.222 e. The van der Waals surface area contributed by atoms with Gasteiger partial charge in [-0.25, -0.2) is 0 Å². The van der Waals surface area contributed by atoms with Crippen LogP contribution in [0, 0.1) is 5.92 Å². The number of hydrogen-bond donors (Lipinski definition) is 2. The minimum atomic E-state index is -0.237. The van der Waals surface area contributed by atoms with Crippen molar-refractivity contribution in [2.24, 2.45) is 11.7 Å². The molecule has 0 bridgehead atoms. The third kappa shape index (κ3) is 4.92. The molecule has 0 aromatic carbocycles. The quantitative estimate of drug-likeness (QED) is 0.721. The Kier molecular flexibility index (Phi) is 6.60. The fourth-order valence-electron chi connectivity index (χ4n) is 2.31. The first-order valence-electron chi connectivity index (χ1n) is 6.81. The summed E-state index contributed by atoms with van der Waals surface area (Å²) in [6.45, 7) is 5.83. The molecule has 1 fully saturated rings. The monoisotopic (exact) mass is 258 g/mol. The van der Waals surface area contributed by atoms with E-state index in [-0.39, 0.29) is 24.7 Å². The van der Waals surface area contributed by atoms with E-state index in [1.807, 2.05) is 11.8 Å². The molecule has 5 heteroatoms. The Labute approximate surface area is 109 Å². The number of carbonyl (C=O) groups excluding carboxylic acids is 1. The number of morpholine rings is 1. The van der Waals surface area contributed by atoms with Gasteiger partial charge in [-0.15, -0.1) is 0 Å². The molecule has 0 aliphatic carbocycles. The molecular weight excluding hydrogens is 232 g/mol. The fraction of sp³-hybridized carbons (Fsp3) is 0.923. The van der Waals surface area contributed by atoms with Gasteiger partial charge < -0.3 is 20.5 Å². The molecule has 0 radical (unpaired) electrons. The minimum Gasteiger partial charge on any atom is -0.394 e. The molecule has 3 N–H and O–H groups in total. The smallest absolute Gasteiger partial charge is 0.222 e. The van der Waals surface area contributed by atoms with Crippen molar-refractivity contribution in [1.29, 1.82) is 0 Å². The first-order valence-corrected chi connectivity index (χ1v) is 6.81. The Morgan fingerprint density at radius 2 is 2.22 bits per heavy atom. The lowest BCUT2D eigenvalue weighted by Gasteiger charge is -2.36. The Bertz CT molecular complexity index is 261. The molecule has 0 aromatic rings. The summed E-state index contributed by atoms with van der Waals surface area (Å²) in [5.74, 6) is 0.651. The zero-order valence-corrected chi connectivity index (χ0v) is 11.5. The van der Waals surface area contributed by atoms with Gasteiger partial charge in [0.15, 0.2) is 0 Å². The second-order valence-electron chi connectivity index (χ2n) is 5.27. The average molecular weight is 258 g/mol. The average Bonchev–Trinajstić information content (AvgIpc) is 2.35. The summed E-state index contributed by atoms with van der Waals surface area (Å²) < 4.78 is 5.52. The van der Waals surface area contributed by atoms with Crippen LogP contribution in [0.25, 0.3) is 0 Å². The van der Waals surface area contributed by atoms with Crippen molar-refractivity contribution in [3.05, 3.63) is 0 Å². The predicted molar refractivity (Wildman–Crippen MR) is 70.1 cm³/mol. The Balaban J connectivity index is 2.36. The zero-order valence-electron chi connectivity index (χ0n) is 11.5. The van der Waals surface area contributed by atoms with Crippen molar-refractivity contribution in [2.45, 2.75) is 45.3 Å². The largest absolute Gasteiger partial charge is 0.394 e. The molecule has 1 saturated heterocycles. The third-order valence-electron chi connectivity index (χ3n) is 3.39. The van der Waals surface area contributed by atoms with Crippen LogP contribution in [0.1, 0.15) is 33.1 Å². The number of amides is 1. The number of aliphatic hydroxyl groups is 1. The molecule has 0 saturated carbocycles. The second kappa shape index (κ2) is 7.71. The molecule has 1 aliphatic heterocycles. The highest BCUT2D eigenvalue weighted by molar-refractivity contribution is 5.76. The maximum absolute atomic E-state index is 12.1. The molecule has 5 nitrogen and oxygen atoms in total. The van der Waals surface area contributed by atoms with Gasteiger partial charge in [-0.3, -0.25) is 4.79 Å². The normalized spacial score (nSPS) is 26.1. The van der Waals surface area contributed by atoms with Crippen LogP contribution in [0.5, 0.6) is 0 Å². The van der Waals surface area contributed by atoms with E-state index in [9.17, 15) is 4.79 Å². The van der Waals surface area contributed by atoms with Gasteiger partial charge in [0.05, 0.1) is 18.8 Å². The van der Waals surface area contributed by atoms with Crippen LogP contribution < -0.4 is 5.73 Å². The van der Waals surface area contributed by atoms with E-state index in [2.05, 4.69) is 6.92 Å². The topological polar surface area (TPSA) is 75.8 Å². The Morgan fingerprint density at radius 3 is 2.83 bits per heavy atom. The number of rotatable bonds is 6. The molecule has 18 heavy (non-hydrogen) atoms. The SMILES string of the molecule is CC(CCN)CCC(=O)N1CC(C)OC(CO)C1. The van der Waals surface area contributed by atoms with Gasteiger partial charge in [-0.05, 0) is 32.2 Å². The van der Waals surface area contributed by atoms with Gasteiger partial charge in [0.25, 0.3) is 0 Å². The molecule has 1 aliphatic rings. The van der Waals surface area contributed by atoms with Crippen molar-refractivity contribution in [3.8, 4) is 0 Å². The van der Waals surface area contributed by atoms with Crippen LogP contribution >= 0.6 is 0 Å². The summed E-state index contributed by atoms with van der Waals surface area (Å²) in [6, 6.07) is 0. The highest BCUT2D eigenvalue weighted by atomic mass is 16.5. The van der Waals surface area contributed by atoms with Crippen LogP contribution in [0.15, 0.2) is 0 Å². The minimum absolute atomic E-state index is 0.00122. The third-order valence-corrected chi connectivity index (χ3v) is 3.39. The van der Waals surface area contributed by atoms with Gasteiger partial charge in [-0.2, -0.15) is 0 Å². The second-order valence-corrected chi connectivity index (χ2v) is 5.27. The number of nitrogens with two attached hydrogens (primary N) is 1. The fourth-order valence-corrected chi connectivity index (χ4v) is 2.31. The molecule has 3 atom stereocenters. The molecular formula is C13H26N2O3. The molecule has 3 unspecified atom stereocenters. The molecule has 1 rings (SSSR count). The lowest BCUT2D eigenvalue weighted by atomic mass is 10.0. The van der Waals surface area contributed by atoms with Crippen molar-refractivity contribution >= 4 is 5.91 Å². The van der Waals surface area contributed by atoms with E-state index in [0.717, 1.165) is 12.8 Å². The van der Waals surface area contributed by atoms with E-state index >= 15 is 0 Å². The summed E-state index contributed by atoms with van der Waals surface area (Å²) in [5, 5.41) is 9.12. The molecule has 1 amide bonds. The van der Waals surface area contributed by atoms with Gasteiger partial charge in [0.1, 0.15) is 0 Å². The van der Waals surface area contributed by atoms with E-state index in [0.29, 0.717) is 32.0 Å². The maximum atomic E-state index is 12.1. The van der Waals surface area contributed by atoms with Crippen LogP contribution in [-0.4, -0.2) is 54.4 Å². The van der Waals surface area contributed by atoms with Crippen molar-refractivity contribution in [2.75, 3.05) is 26.2 Å². The lowest BCUT2D eigenvalue weighted by molar-refractivity contribution is -0.147. The number of hydrogen-bond acceptors (Lipinski definition) is 4. The van der Waals surface area contributed by atoms with Crippen molar-refractivity contribution in [1.82, 2.24) is 4.90 Å². The van der Waals surface area contributed by atoms with Crippen LogP contribution in [-0.2, 0) is 9.53 Å². The number of ether oxygens (including phenoxy) is 1. The highest BCUT2D eigenvalue weighted by Crippen LogP contribution is 2.15. The summed E-state index contributed by atoms with van der Waals surface area (Å²) in [7, 11) is 0. The van der Waals surface area contributed by atoms with E-state index in [1.54, 1.807) is 0 Å². The first kappa shape index (κ1) is 15.4. The first-order chi connectivity index (χ1) is 8.56. The number of nitrogens with zero attached hydrogens (tertiary/aromatic N) is 1. The van der Waals surface area contributed by atoms with E-state index < -0.39 is 0 Å². The van der Waals surface area contributed by atoms with Gasteiger partial charge in [-0.1, -0.05) is 6.92 Å². The Morgan fingerprint density at radius 1 is 1.50 bits per heavy atom. The summed E-state index contributed by atoms with van der Waals surface area (Å²) in [6.07, 6.45) is 2.17. The van der Waals surface area contributed by atoms with Crippen LogP contribution in [0.3, 0.4) is 0 Å². The van der Waals surface area contributed by atoms with E-state index in [4.69, 9.17) is 15.6 Å². The predicted octanol–water partition coefficient (Wildman–Crippen LogP) is 0.360. The molecule has 106 valence electrons. The highest BCUT2D eigenvalue weighted by Gasteiger charge is 2.27. The van der Waals surface area contributed by atoms with E-state index in [1.165, 1.54) is 0 Å². The molecule has 0 spiro atoms. The lowest BCUT2D eigenvalue weighted by Crippen LogP contribution is -2.50. The van der Waals surface area contributed by atoms with Crippen molar-refractivity contribution < 1.29 is 14.6 Å². The molecule has 1 heterocycles. The van der Waals surface area contributed by atoms with Gasteiger partial charge in [0, 0.05) is 19.5 Å². The Hall–Kier alpha value is -0.650. The zero-order chi connectivity index (χ0) is 13.5. The van der Waals surface area contributed by atoms with Crippen LogP contribution in [0.4, 0.5) is 0 Å². The summed E-state index contributed by atoms with van der Waals surface area (Å²) in [4.78, 5) is 13.9. The molecule has 0 aromatic heterocycles. The summed E-state index contributed by atoms with van der Waals surface area (Å²) in [5.41, 5.74) is 5.49. The summed E-state index contributed by atoms with van der Waals surface area (Å²) >= 11 is 0. The van der Waals surface area contributed by atoms with Gasteiger partial charge >= 0.3 is 0 Å². The number of aliphatic hydroxyl groups excluding tert-OH is 1. The van der Waals surface area contributed by atoms with Crippen molar-refractivity contribution in [3.63, 3.8) is 0 Å².